The molecule has 1 unspecified atom stereocenters. The van der Waals surface area contributed by atoms with Crippen LogP contribution >= 0.6 is 11.6 Å². The molecule has 1 aromatic heterocycles. The van der Waals surface area contributed by atoms with Crippen molar-refractivity contribution in [2.24, 2.45) is 0 Å². The van der Waals surface area contributed by atoms with Gasteiger partial charge < -0.3 is 19.4 Å². The first kappa shape index (κ1) is 23.1. The molecule has 0 radical (unpaired) electrons. The number of benzene rings is 2. The molecule has 1 N–H and O–H groups in total. The number of nitrogens with one attached hydrogen (secondary N) is 1. The van der Waals surface area contributed by atoms with Gasteiger partial charge in [0, 0.05) is 10.7 Å². The van der Waals surface area contributed by atoms with E-state index in [4.69, 9.17) is 16.0 Å². The molecule has 1 fully saturated rings. The number of esters is 1. The number of urea groups is 1. The van der Waals surface area contributed by atoms with Gasteiger partial charge in [0.05, 0.1) is 37.6 Å². The molecule has 0 bridgehead atoms. The smallest absolute Gasteiger partial charge is 0.337 e. The number of rotatable bonds is 7. The Morgan fingerprint density at radius 1 is 1.06 bits per heavy atom. The Kier molecular flexibility index (Phi) is 6.65. The molecule has 1 aliphatic heterocycles. The normalized spacial score (nSPS) is 15.5. The minimum atomic E-state index is -1.04. The van der Waals surface area contributed by atoms with Gasteiger partial charge in [0.1, 0.15) is 11.8 Å². The van der Waals surface area contributed by atoms with Crippen LogP contribution < -0.4 is 10.2 Å². The number of halogens is 1. The van der Waals surface area contributed by atoms with Crippen molar-refractivity contribution >= 4 is 46.8 Å². The molecule has 1 saturated heterocycles. The molecule has 1 aliphatic rings. The molecule has 174 valence electrons. The lowest BCUT2D eigenvalue weighted by Crippen LogP contribution is -2.37. The van der Waals surface area contributed by atoms with Gasteiger partial charge in [-0.2, -0.15) is 0 Å². The predicted octanol–water partition coefficient (Wildman–Crippen LogP) is 4.09. The van der Waals surface area contributed by atoms with Crippen molar-refractivity contribution in [1.29, 1.82) is 0 Å². The number of anilines is 2. The van der Waals surface area contributed by atoms with Crippen LogP contribution in [-0.2, 0) is 20.9 Å². The van der Waals surface area contributed by atoms with Crippen LogP contribution in [0.4, 0.5) is 16.2 Å². The Labute approximate surface area is 199 Å². The maximum Gasteiger partial charge on any atom is 0.337 e. The molecular weight excluding hydrogens is 462 g/mol. The van der Waals surface area contributed by atoms with Crippen LogP contribution in [-0.4, -0.2) is 41.9 Å². The van der Waals surface area contributed by atoms with Gasteiger partial charge in [0.15, 0.2) is 0 Å². The minimum absolute atomic E-state index is 0.0213. The maximum absolute atomic E-state index is 13.2. The van der Waals surface area contributed by atoms with E-state index in [9.17, 15) is 19.2 Å². The topological polar surface area (TPSA) is 109 Å². The Balaban J connectivity index is 1.53. The summed E-state index contributed by atoms with van der Waals surface area (Å²) in [6.45, 7) is 0.0213. The maximum atomic E-state index is 13.2. The molecular formula is C24H20ClN3O6. The first-order chi connectivity index (χ1) is 16.4. The van der Waals surface area contributed by atoms with Crippen LogP contribution in [0.2, 0.25) is 5.02 Å². The number of nitrogens with zero attached hydrogens (tertiary/aromatic N) is 2. The van der Waals surface area contributed by atoms with E-state index in [1.807, 2.05) is 0 Å². The van der Waals surface area contributed by atoms with E-state index < -0.39 is 29.9 Å². The molecule has 0 aliphatic carbocycles. The van der Waals surface area contributed by atoms with Crippen LogP contribution in [0.3, 0.4) is 0 Å². The minimum Gasteiger partial charge on any atom is -0.467 e. The first-order valence-electron chi connectivity index (χ1n) is 10.3. The summed E-state index contributed by atoms with van der Waals surface area (Å²) in [6.07, 6.45) is 1.20. The van der Waals surface area contributed by atoms with Crippen LogP contribution in [0.1, 0.15) is 22.5 Å². The fourth-order valence-electron chi connectivity index (χ4n) is 3.61. The zero-order valence-electron chi connectivity index (χ0n) is 18.1. The third kappa shape index (κ3) is 4.79. The highest BCUT2D eigenvalue weighted by Crippen LogP contribution is 2.29. The molecule has 2 aromatic carbocycles. The quantitative estimate of drug-likeness (QED) is 0.402. The van der Waals surface area contributed by atoms with Gasteiger partial charge in [-0.25, -0.2) is 14.5 Å². The number of methoxy groups -OCH3 is 1. The molecule has 10 heteroatoms. The van der Waals surface area contributed by atoms with E-state index in [0.29, 0.717) is 27.7 Å². The number of imide groups is 1. The average molecular weight is 482 g/mol. The number of carbonyl (C=O) groups is 4. The molecule has 9 nitrogen and oxygen atoms in total. The van der Waals surface area contributed by atoms with Crippen molar-refractivity contribution in [2.45, 2.75) is 19.0 Å². The Morgan fingerprint density at radius 2 is 1.76 bits per heavy atom. The lowest BCUT2D eigenvalue weighted by atomic mass is 10.1. The molecule has 4 rings (SSSR count). The zero-order valence-corrected chi connectivity index (χ0v) is 18.8. The van der Waals surface area contributed by atoms with Crippen LogP contribution in [0.15, 0.2) is 71.3 Å². The highest BCUT2D eigenvalue weighted by atomic mass is 35.5. The molecule has 34 heavy (non-hydrogen) atoms. The fraction of sp³-hybridized carbons (Fsp3) is 0.167. The summed E-state index contributed by atoms with van der Waals surface area (Å²) in [7, 11) is 1.28. The molecule has 0 saturated carbocycles. The Bertz CT molecular complexity index is 1210. The number of ether oxygens (including phenoxy) is 1. The van der Waals surface area contributed by atoms with E-state index in [-0.39, 0.29) is 13.0 Å². The summed E-state index contributed by atoms with van der Waals surface area (Å²) < 4.78 is 10.00. The van der Waals surface area contributed by atoms with Gasteiger partial charge in [0.25, 0.3) is 5.91 Å². The lowest BCUT2D eigenvalue weighted by molar-refractivity contribution is -0.124. The molecule has 1 atom stereocenters. The SMILES string of the molecule is COC(=O)c1ccc(NC(=O)CC2C(=O)N(c3ccc(Cl)cc3)C(=O)N2Cc2ccco2)cc1. The van der Waals surface area contributed by atoms with E-state index in [1.165, 1.54) is 30.4 Å². The second kappa shape index (κ2) is 9.80. The van der Waals surface area contributed by atoms with Crippen molar-refractivity contribution in [1.82, 2.24) is 4.90 Å². The molecule has 2 heterocycles. The van der Waals surface area contributed by atoms with Gasteiger partial charge >= 0.3 is 12.0 Å². The van der Waals surface area contributed by atoms with Crippen LogP contribution in [0, 0.1) is 0 Å². The van der Waals surface area contributed by atoms with E-state index in [1.54, 1.807) is 48.5 Å². The first-order valence-corrected chi connectivity index (χ1v) is 10.7. The molecule has 0 spiro atoms. The number of hydrogen-bond acceptors (Lipinski definition) is 6. The van der Waals surface area contributed by atoms with Gasteiger partial charge in [0.2, 0.25) is 5.91 Å². The Morgan fingerprint density at radius 3 is 2.38 bits per heavy atom. The van der Waals surface area contributed by atoms with E-state index in [0.717, 1.165) is 4.90 Å². The third-order valence-electron chi connectivity index (χ3n) is 5.28. The Hall–Kier alpha value is -4.11. The summed E-state index contributed by atoms with van der Waals surface area (Å²) >= 11 is 5.93. The van der Waals surface area contributed by atoms with Crippen LogP contribution in [0.25, 0.3) is 0 Å². The second-order valence-corrected chi connectivity index (χ2v) is 7.91. The number of carbonyl (C=O) groups excluding carboxylic acids is 4. The highest BCUT2D eigenvalue weighted by molar-refractivity contribution is 6.30. The second-order valence-electron chi connectivity index (χ2n) is 7.48. The summed E-state index contributed by atoms with van der Waals surface area (Å²) in [5.41, 5.74) is 1.12. The molecule has 4 amide bonds. The number of hydrogen-bond donors (Lipinski definition) is 1. The largest absolute Gasteiger partial charge is 0.467 e. The van der Waals surface area contributed by atoms with Crippen molar-refractivity contribution in [3.05, 3.63) is 83.3 Å². The zero-order chi connectivity index (χ0) is 24.2. The van der Waals surface area contributed by atoms with Gasteiger partial charge in [-0.05, 0) is 60.7 Å². The summed E-state index contributed by atoms with van der Waals surface area (Å²) in [6, 6.07) is 14.2. The van der Waals surface area contributed by atoms with Gasteiger partial charge in [-0.15, -0.1) is 0 Å². The highest BCUT2D eigenvalue weighted by Gasteiger charge is 2.47. The summed E-state index contributed by atoms with van der Waals surface area (Å²) in [4.78, 5) is 53.1. The molecule has 3 aromatic rings. The third-order valence-corrected chi connectivity index (χ3v) is 5.53. The fourth-order valence-corrected chi connectivity index (χ4v) is 3.73. The van der Waals surface area contributed by atoms with Crippen molar-refractivity contribution in [3.63, 3.8) is 0 Å². The van der Waals surface area contributed by atoms with E-state index >= 15 is 0 Å². The van der Waals surface area contributed by atoms with Crippen molar-refractivity contribution in [2.75, 3.05) is 17.3 Å². The van der Waals surface area contributed by atoms with Gasteiger partial charge in [-0.1, -0.05) is 11.6 Å². The lowest BCUT2D eigenvalue weighted by Gasteiger charge is -2.20. The summed E-state index contributed by atoms with van der Waals surface area (Å²) in [5, 5.41) is 3.15. The average Bonchev–Trinajstić information content (AvgIpc) is 3.42. The standard InChI is InChI=1S/C24H20ClN3O6/c1-33-23(31)15-4-8-17(9-5-15)26-21(29)13-20-22(30)28(18-10-6-16(25)7-11-18)24(32)27(20)14-19-3-2-12-34-19/h2-12,20H,13-14H2,1H3,(H,26,29). The van der Waals surface area contributed by atoms with Crippen LogP contribution in [0.5, 0.6) is 0 Å². The monoisotopic (exact) mass is 481 g/mol. The summed E-state index contributed by atoms with van der Waals surface area (Å²) in [5.74, 6) is -1.03. The number of furan rings is 1. The van der Waals surface area contributed by atoms with E-state index in [2.05, 4.69) is 10.1 Å². The number of amides is 4. The van der Waals surface area contributed by atoms with Gasteiger partial charge in [-0.3, -0.25) is 9.59 Å². The van der Waals surface area contributed by atoms with Crippen molar-refractivity contribution in [3.8, 4) is 0 Å². The predicted molar refractivity (Wildman–Crippen MR) is 123 cm³/mol. The van der Waals surface area contributed by atoms with Crippen molar-refractivity contribution < 1.29 is 28.3 Å².